The van der Waals surface area contributed by atoms with Crippen LogP contribution in [0.15, 0.2) is 12.1 Å². The van der Waals surface area contributed by atoms with Crippen molar-refractivity contribution >= 4 is 11.4 Å². The fourth-order valence-corrected chi connectivity index (χ4v) is 1.41. The zero-order valence-electron chi connectivity index (χ0n) is 9.50. The third-order valence-corrected chi connectivity index (χ3v) is 2.33. The summed E-state index contributed by atoms with van der Waals surface area (Å²) in [6.07, 6.45) is 2.84. The summed E-state index contributed by atoms with van der Waals surface area (Å²) >= 11 is 0. The maximum atomic E-state index is 13.3. The highest BCUT2D eigenvalue weighted by molar-refractivity contribution is 5.53. The summed E-state index contributed by atoms with van der Waals surface area (Å²) in [4.78, 5) is 9.61. The molecule has 17 heavy (non-hydrogen) atoms. The van der Waals surface area contributed by atoms with Crippen LogP contribution in [0, 0.1) is 21.7 Å². The average molecular weight is 244 g/mol. The summed E-state index contributed by atoms with van der Waals surface area (Å²) in [7, 11) is 0. The van der Waals surface area contributed by atoms with Crippen molar-refractivity contribution in [2.45, 2.75) is 26.2 Å². The molecule has 0 heterocycles. The van der Waals surface area contributed by atoms with Crippen LogP contribution in [0.3, 0.4) is 0 Å². The van der Waals surface area contributed by atoms with E-state index < -0.39 is 22.2 Å². The summed E-state index contributed by atoms with van der Waals surface area (Å²) < 4.78 is 26.3. The summed E-state index contributed by atoms with van der Waals surface area (Å²) in [5.41, 5.74) is -0.751. The lowest BCUT2D eigenvalue weighted by Gasteiger charge is -2.07. The largest absolute Gasteiger partial charge is 0.382 e. The van der Waals surface area contributed by atoms with E-state index in [0.29, 0.717) is 12.6 Å². The second kappa shape index (κ2) is 6.12. The quantitative estimate of drug-likeness (QED) is 0.473. The predicted octanol–water partition coefficient (Wildman–Crippen LogP) is 3.48. The summed E-state index contributed by atoms with van der Waals surface area (Å²) in [5.74, 6) is -1.98. The summed E-state index contributed by atoms with van der Waals surface area (Å²) in [6.45, 7) is 2.54. The molecule has 0 saturated carbocycles. The monoisotopic (exact) mass is 244 g/mol. The molecular weight excluding hydrogens is 230 g/mol. The molecular formula is C11H14F2N2O2. The van der Waals surface area contributed by atoms with Gasteiger partial charge in [-0.2, -0.15) is 4.39 Å². The lowest BCUT2D eigenvalue weighted by atomic mass is 10.2. The van der Waals surface area contributed by atoms with E-state index in [9.17, 15) is 18.9 Å². The van der Waals surface area contributed by atoms with Crippen LogP contribution in [0.2, 0.25) is 0 Å². The van der Waals surface area contributed by atoms with Crippen LogP contribution in [-0.2, 0) is 0 Å². The topological polar surface area (TPSA) is 55.2 Å². The number of nitro groups is 1. The fraction of sp³-hybridized carbons (Fsp3) is 0.455. The lowest BCUT2D eigenvalue weighted by Crippen LogP contribution is -2.05. The third kappa shape index (κ3) is 3.65. The van der Waals surface area contributed by atoms with E-state index in [-0.39, 0.29) is 5.69 Å². The molecule has 0 aliphatic rings. The standard InChI is InChI=1S/C11H14F2N2O2/c1-2-3-4-5-14-10-7-11(15(16)17)9(13)6-8(10)12/h6-7,14H,2-5H2,1H3. The molecule has 0 fully saturated rings. The number of benzene rings is 1. The Morgan fingerprint density at radius 2 is 2.00 bits per heavy atom. The highest BCUT2D eigenvalue weighted by Crippen LogP contribution is 2.25. The number of hydrogen-bond donors (Lipinski definition) is 1. The highest BCUT2D eigenvalue weighted by atomic mass is 19.1. The molecule has 0 aliphatic heterocycles. The number of rotatable bonds is 6. The molecule has 0 radical (unpaired) electrons. The van der Waals surface area contributed by atoms with E-state index >= 15 is 0 Å². The van der Waals surface area contributed by atoms with Crippen LogP contribution in [0.4, 0.5) is 20.2 Å². The van der Waals surface area contributed by atoms with Gasteiger partial charge in [0.2, 0.25) is 5.82 Å². The van der Waals surface area contributed by atoms with Gasteiger partial charge >= 0.3 is 5.69 Å². The minimum Gasteiger partial charge on any atom is -0.382 e. The molecule has 1 rings (SSSR count). The lowest BCUT2D eigenvalue weighted by molar-refractivity contribution is -0.387. The molecule has 94 valence electrons. The molecule has 4 nitrogen and oxygen atoms in total. The molecule has 0 amide bonds. The molecule has 0 unspecified atom stereocenters. The number of anilines is 1. The van der Waals surface area contributed by atoms with E-state index in [4.69, 9.17) is 0 Å². The molecule has 1 aromatic carbocycles. The van der Waals surface area contributed by atoms with E-state index in [1.807, 2.05) is 6.92 Å². The Kier molecular flexibility index (Phi) is 4.81. The first-order valence-corrected chi connectivity index (χ1v) is 5.43. The number of nitro benzene ring substituents is 1. The SMILES string of the molecule is CCCCCNc1cc([N+](=O)[O-])c(F)cc1F. The molecule has 6 heteroatoms. The maximum Gasteiger partial charge on any atom is 0.307 e. The summed E-state index contributed by atoms with van der Waals surface area (Å²) in [5, 5.41) is 13.2. The Bertz CT molecular complexity index is 411. The number of hydrogen-bond acceptors (Lipinski definition) is 3. The highest BCUT2D eigenvalue weighted by Gasteiger charge is 2.18. The van der Waals surface area contributed by atoms with Crippen molar-refractivity contribution in [1.82, 2.24) is 0 Å². The Hall–Kier alpha value is -1.72. The van der Waals surface area contributed by atoms with Gasteiger partial charge in [0, 0.05) is 18.7 Å². The average Bonchev–Trinajstić information content (AvgIpc) is 2.26. The van der Waals surface area contributed by atoms with Gasteiger partial charge in [-0.15, -0.1) is 0 Å². The number of unbranched alkanes of at least 4 members (excludes halogenated alkanes) is 2. The van der Waals surface area contributed by atoms with Crippen LogP contribution in [0.25, 0.3) is 0 Å². The maximum absolute atomic E-state index is 13.3. The Balaban J connectivity index is 2.77. The van der Waals surface area contributed by atoms with Crippen LogP contribution < -0.4 is 5.32 Å². The van der Waals surface area contributed by atoms with Crippen LogP contribution in [-0.4, -0.2) is 11.5 Å². The number of nitrogens with one attached hydrogen (secondary N) is 1. The first kappa shape index (κ1) is 13.3. The predicted molar refractivity (Wildman–Crippen MR) is 61.0 cm³/mol. The molecule has 1 aromatic rings. The fourth-order valence-electron chi connectivity index (χ4n) is 1.41. The molecule has 0 aliphatic carbocycles. The minimum absolute atomic E-state index is 0.0331. The minimum atomic E-state index is -1.16. The van der Waals surface area contributed by atoms with Gasteiger partial charge in [0.25, 0.3) is 0 Å². The normalized spacial score (nSPS) is 10.3. The van der Waals surface area contributed by atoms with Crippen molar-refractivity contribution in [2.24, 2.45) is 0 Å². The van der Waals surface area contributed by atoms with Crippen LogP contribution in [0.5, 0.6) is 0 Å². The van der Waals surface area contributed by atoms with Gasteiger partial charge in [0.1, 0.15) is 5.82 Å². The van der Waals surface area contributed by atoms with E-state index in [1.54, 1.807) is 0 Å². The molecule has 1 N–H and O–H groups in total. The van der Waals surface area contributed by atoms with Gasteiger partial charge in [0.05, 0.1) is 10.6 Å². The number of nitrogens with zero attached hydrogens (tertiary/aromatic N) is 1. The van der Waals surface area contributed by atoms with Gasteiger partial charge < -0.3 is 5.32 Å². The van der Waals surface area contributed by atoms with Gasteiger partial charge in [0.15, 0.2) is 0 Å². The van der Waals surface area contributed by atoms with Crippen molar-refractivity contribution < 1.29 is 13.7 Å². The molecule has 0 bridgehead atoms. The smallest absolute Gasteiger partial charge is 0.307 e. The van der Waals surface area contributed by atoms with Crippen molar-refractivity contribution in [3.63, 3.8) is 0 Å². The Morgan fingerprint density at radius 1 is 1.29 bits per heavy atom. The molecule has 0 saturated heterocycles. The van der Waals surface area contributed by atoms with Crippen molar-refractivity contribution in [2.75, 3.05) is 11.9 Å². The third-order valence-electron chi connectivity index (χ3n) is 2.33. The van der Waals surface area contributed by atoms with Crippen molar-refractivity contribution in [3.05, 3.63) is 33.9 Å². The van der Waals surface area contributed by atoms with E-state index in [0.717, 1.165) is 25.3 Å². The van der Waals surface area contributed by atoms with Crippen molar-refractivity contribution in [1.29, 1.82) is 0 Å². The van der Waals surface area contributed by atoms with Crippen molar-refractivity contribution in [3.8, 4) is 0 Å². The second-order valence-corrected chi connectivity index (χ2v) is 3.67. The first-order valence-electron chi connectivity index (χ1n) is 5.43. The van der Waals surface area contributed by atoms with Crippen LogP contribution >= 0.6 is 0 Å². The number of halogens is 2. The molecule has 0 spiro atoms. The first-order chi connectivity index (χ1) is 8.06. The second-order valence-electron chi connectivity index (χ2n) is 3.67. The zero-order valence-corrected chi connectivity index (χ0v) is 9.50. The van der Waals surface area contributed by atoms with Gasteiger partial charge in [-0.05, 0) is 6.42 Å². The Labute approximate surface area is 97.8 Å². The Morgan fingerprint density at radius 3 is 2.59 bits per heavy atom. The molecule has 0 atom stereocenters. The van der Waals surface area contributed by atoms with Gasteiger partial charge in [-0.25, -0.2) is 4.39 Å². The van der Waals surface area contributed by atoms with E-state index in [2.05, 4.69) is 5.32 Å². The zero-order chi connectivity index (χ0) is 12.8. The van der Waals surface area contributed by atoms with E-state index in [1.165, 1.54) is 0 Å². The van der Waals surface area contributed by atoms with Crippen LogP contribution in [0.1, 0.15) is 26.2 Å². The van der Waals surface area contributed by atoms with Gasteiger partial charge in [-0.1, -0.05) is 19.8 Å². The molecule has 0 aromatic heterocycles. The summed E-state index contributed by atoms with van der Waals surface area (Å²) in [6, 6.07) is 1.41. The van der Waals surface area contributed by atoms with Gasteiger partial charge in [-0.3, -0.25) is 10.1 Å².